The second-order valence-corrected chi connectivity index (χ2v) is 23.6. The first-order chi connectivity index (χ1) is 32.5. The number of hydrogen-bond acceptors (Lipinski definition) is 7. The van der Waals surface area contributed by atoms with Crippen LogP contribution in [0.4, 0.5) is 9.59 Å². The number of nitrogens with zero attached hydrogens (tertiary/aromatic N) is 3. The molecule has 0 saturated heterocycles. The molecule has 11 heteroatoms. The van der Waals surface area contributed by atoms with Crippen molar-refractivity contribution in [2.45, 2.75) is 170 Å². The van der Waals surface area contributed by atoms with Crippen LogP contribution in [0.5, 0.6) is 0 Å². The summed E-state index contributed by atoms with van der Waals surface area (Å²) in [6, 6.07) is 18.5. The van der Waals surface area contributed by atoms with Gasteiger partial charge in [0.1, 0.15) is 11.2 Å². The summed E-state index contributed by atoms with van der Waals surface area (Å²) >= 11 is 0. The van der Waals surface area contributed by atoms with Crippen molar-refractivity contribution in [1.82, 2.24) is 20.0 Å². The lowest BCUT2D eigenvalue weighted by molar-refractivity contribution is -0.143. The van der Waals surface area contributed by atoms with E-state index in [0.29, 0.717) is 61.6 Å². The summed E-state index contributed by atoms with van der Waals surface area (Å²) in [7, 11) is 3.55. The van der Waals surface area contributed by atoms with E-state index in [-0.39, 0.29) is 30.1 Å². The number of carboxylic acids is 1. The maximum atomic E-state index is 13.7. The molecule has 0 bridgehead atoms. The minimum atomic E-state index is -0.695. The molecule has 11 nitrogen and oxygen atoms in total. The first-order valence-electron chi connectivity index (χ1n) is 26.3. The second kappa shape index (κ2) is 23.1. The predicted molar refractivity (Wildman–Crippen MR) is 277 cm³/mol. The first-order valence-corrected chi connectivity index (χ1v) is 26.3. The van der Waals surface area contributed by atoms with Gasteiger partial charge in [-0.3, -0.25) is 9.59 Å². The van der Waals surface area contributed by atoms with Gasteiger partial charge in [-0.15, -0.1) is 0 Å². The number of carboxylic acid groups (broad SMARTS) is 1. The van der Waals surface area contributed by atoms with Crippen LogP contribution >= 0.6 is 0 Å². The molecule has 6 aliphatic rings. The number of benzene rings is 2. The normalized spacial score (nSPS) is 24.2. The summed E-state index contributed by atoms with van der Waals surface area (Å²) in [5, 5.41) is 12.6. The van der Waals surface area contributed by atoms with Crippen molar-refractivity contribution in [1.29, 1.82) is 0 Å². The summed E-state index contributed by atoms with van der Waals surface area (Å²) in [5.74, 6) is 1.47. The molecule has 3 amide bonds. The Balaban J connectivity index is 0.000000188. The lowest BCUT2D eigenvalue weighted by Crippen LogP contribution is -2.50. The third kappa shape index (κ3) is 14.0. The SMILES string of the molecule is CC(C)C1C2=C(CCN1C(=O)C1CCC(CN(C)C(=O)OC(C)(C)C)CC1)c1ccccc1C2.CC(C)C1NCCC2=C1Cc1ccccc12.CN(CC1CCC(C(=O)O)CC1)C(=O)OC(C)(C)C. The Bertz CT molecular complexity index is 2180. The number of ether oxygens (including phenoxy) is 2. The van der Waals surface area contributed by atoms with Gasteiger partial charge in [-0.2, -0.15) is 0 Å². The summed E-state index contributed by atoms with van der Waals surface area (Å²) < 4.78 is 10.8. The van der Waals surface area contributed by atoms with Gasteiger partial charge in [-0.25, -0.2) is 9.59 Å². The van der Waals surface area contributed by atoms with E-state index in [1.807, 2.05) is 48.6 Å². The van der Waals surface area contributed by atoms with E-state index < -0.39 is 17.2 Å². The van der Waals surface area contributed by atoms with Gasteiger partial charge in [0, 0.05) is 45.7 Å². The highest BCUT2D eigenvalue weighted by atomic mass is 16.6. The van der Waals surface area contributed by atoms with Gasteiger partial charge >= 0.3 is 18.2 Å². The van der Waals surface area contributed by atoms with Crippen LogP contribution in [0.15, 0.2) is 59.7 Å². The quantitative estimate of drug-likeness (QED) is 0.268. The van der Waals surface area contributed by atoms with Gasteiger partial charge in [-0.05, 0) is 193 Å². The van der Waals surface area contributed by atoms with Crippen molar-refractivity contribution >= 4 is 35.2 Å². The molecule has 0 radical (unpaired) electrons. The van der Waals surface area contributed by atoms with Crippen LogP contribution in [0.1, 0.15) is 156 Å². The van der Waals surface area contributed by atoms with Crippen molar-refractivity contribution in [3.05, 3.63) is 81.9 Å². The molecule has 2 aliphatic heterocycles. The summed E-state index contributed by atoms with van der Waals surface area (Å²) in [6.07, 6.45) is 10.7. The predicted octanol–water partition coefficient (Wildman–Crippen LogP) is 11.7. The largest absolute Gasteiger partial charge is 0.481 e. The van der Waals surface area contributed by atoms with E-state index >= 15 is 0 Å². The maximum absolute atomic E-state index is 13.7. The highest BCUT2D eigenvalue weighted by Gasteiger charge is 2.41. The number of hydrogen-bond donors (Lipinski definition) is 2. The third-order valence-corrected chi connectivity index (χ3v) is 15.1. The maximum Gasteiger partial charge on any atom is 0.410 e. The standard InChI is InChI=1S/C29H42N2O3.C15H19N.C14H25NO4/c1-19(2)26-25-17-22-9-7-8-10-23(22)24(25)15-16-31(26)27(32)21-13-11-20(12-14-21)18-30(6)28(33)34-29(3,4)5;1-10(2)15-14-9-11-5-3-4-6-12(11)13(14)7-8-16-15;1-14(2,3)19-13(18)15(4)9-10-5-7-11(8-6-10)12(16)17/h7-10,19-21,26H,11-18H2,1-6H3;3-6,10,15-16H,7-9H2,1-2H3;10-11H,5-9H2,1-4H3,(H,16,17). The molecule has 0 spiro atoms. The minimum Gasteiger partial charge on any atom is -0.481 e. The fourth-order valence-electron chi connectivity index (χ4n) is 11.8. The van der Waals surface area contributed by atoms with Crippen molar-refractivity contribution in [2.24, 2.45) is 35.5 Å². The van der Waals surface area contributed by atoms with Gasteiger partial charge < -0.3 is 34.6 Å². The molecule has 2 fully saturated rings. The van der Waals surface area contributed by atoms with Crippen LogP contribution in [-0.2, 0) is 31.9 Å². The number of carbonyl (C=O) groups is 4. The number of rotatable bonds is 8. The average Bonchev–Trinajstić information content (AvgIpc) is 3.87. The van der Waals surface area contributed by atoms with E-state index in [1.54, 1.807) is 28.0 Å². The molecule has 4 aliphatic carbocycles. The van der Waals surface area contributed by atoms with E-state index in [4.69, 9.17) is 14.6 Å². The van der Waals surface area contributed by atoms with Crippen LogP contribution in [0.3, 0.4) is 0 Å². The Morgan fingerprint density at radius 1 is 0.652 bits per heavy atom. The van der Waals surface area contributed by atoms with E-state index in [9.17, 15) is 19.2 Å². The van der Waals surface area contributed by atoms with Gasteiger partial charge in [0.25, 0.3) is 0 Å². The average molecular weight is 951 g/mol. The van der Waals surface area contributed by atoms with Gasteiger partial charge in [-0.1, -0.05) is 76.2 Å². The summed E-state index contributed by atoms with van der Waals surface area (Å²) in [4.78, 5) is 54.3. The number of aliphatic carboxylic acids is 1. The Morgan fingerprint density at radius 2 is 1.10 bits per heavy atom. The molecular formula is C58H86N4O7. The van der Waals surface area contributed by atoms with Crippen molar-refractivity contribution < 1.29 is 33.8 Å². The minimum absolute atomic E-state index is 0.107. The summed E-state index contributed by atoms with van der Waals surface area (Å²) in [6.45, 7) is 23.7. The number of amides is 3. The molecule has 69 heavy (non-hydrogen) atoms. The fourth-order valence-corrected chi connectivity index (χ4v) is 11.8. The zero-order valence-electron chi connectivity index (χ0n) is 44.3. The topological polar surface area (TPSA) is 129 Å². The molecule has 2 unspecified atom stereocenters. The molecule has 2 saturated carbocycles. The van der Waals surface area contributed by atoms with Gasteiger partial charge in [0.2, 0.25) is 5.91 Å². The van der Waals surface area contributed by atoms with Crippen molar-refractivity contribution in [3.63, 3.8) is 0 Å². The lowest BCUT2D eigenvalue weighted by Gasteiger charge is -2.42. The highest BCUT2D eigenvalue weighted by Crippen LogP contribution is 2.44. The Labute approximate surface area is 414 Å². The monoisotopic (exact) mass is 951 g/mol. The zero-order valence-corrected chi connectivity index (χ0v) is 44.3. The molecule has 8 rings (SSSR count). The highest BCUT2D eigenvalue weighted by molar-refractivity contribution is 5.84. The second-order valence-electron chi connectivity index (χ2n) is 23.6. The molecular weight excluding hydrogens is 865 g/mol. The molecule has 2 aromatic rings. The Kier molecular flexibility index (Phi) is 18.0. The molecule has 0 aromatic heterocycles. The van der Waals surface area contributed by atoms with Crippen LogP contribution < -0.4 is 5.32 Å². The smallest absolute Gasteiger partial charge is 0.410 e. The molecule has 2 heterocycles. The van der Waals surface area contributed by atoms with Crippen LogP contribution in [0, 0.1) is 35.5 Å². The van der Waals surface area contributed by atoms with Crippen LogP contribution in [0.25, 0.3) is 11.1 Å². The fraction of sp³-hybridized carbons (Fsp3) is 0.655. The third-order valence-electron chi connectivity index (χ3n) is 15.1. The molecule has 2 atom stereocenters. The van der Waals surface area contributed by atoms with E-state index in [0.717, 1.165) is 64.5 Å². The van der Waals surface area contributed by atoms with Gasteiger partial charge in [0.15, 0.2) is 0 Å². The summed E-state index contributed by atoms with van der Waals surface area (Å²) in [5.41, 5.74) is 11.2. The Hall–Kier alpha value is -4.64. The van der Waals surface area contributed by atoms with Crippen molar-refractivity contribution in [3.8, 4) is 0 Å². The Morgan fingerprint density at radius 3 is 1.55 bits per heavy atom. The van der Waals surface area contributed by atoms with Crippen molar-refractivity contribution in [2.75, 3.05) is 40.3 Å². The molecule has 380 valence electrons. The number of carbonyl (C=O) groups excluding carboxylic acids is 3. The number of nitrogens with one attached hydrogen (secondary N) is 1. The molecule has 2 N–H and O–H groups in total. The van der Waals surface area contributed by atoms with Crippen LogP contribution in [-0.4, -0.2) is 107 Å². The molecule has 2 aromatic carbocycles. The van der Waals surface area contributed by atoms with E-state index in [1.165, 1.54) is 46.2 Å². The first kappa shape index (κ1) is 53.7. The zero-order chi connectivity index (χ0) is 50.4. The van der Waals surface area contributed by atoms with Crippen LogP contribution in [0.2, 0.25) is 0 Å². The number of fused-ring (bicyclic) bond motifs is 4. The van der Waals surface area contributed by atoms with E-state index in [2.05, 4.69) is 86.4 Å². The van der Waals surface area contributed by atoms with Gasteiger partial charge in [0.05, 0.1) is 12.0 Å². The lowest BCUT2D eigenvalue weighted by atomic mass is 9.79.